The van der Waals surface area contributed by atoms with E-state index in [9.17, 15) is 14.7 Å². The quantitative estimate of drug-likeness (QED) is 0.829. The van der Waals surface area contributed by atoms with E-state index in [1.165, 1.54) is 25.3 Å². The molecule has 0 atom stereocenters. The van der Waals surface area contributed by atoms with E-state index in [-0.39, 0.29) is 17.9 Å². The lowest BCUT2D eigenvalue weighted by molar-refractivity contribution is 0.0521. The van der Waals surface area contributed by atoms with Gasteiger partial charge < -0.3 is 14.8 Å². The number of aromatic nitrogens is 1. The maximum atomic E-state index is 11.9. The first-order valence-electron chi connectivity index (χ1n) is 7.24. The van der Waals surface area contributed by atoms with Crippen molar-refractivity contribution in [3.8, 4) is 5.75 Å². The second kappa shape index (κ2) is 6.59. The van der Waals surface area contributed by atoms with Crippen LogP contribution in [0.1, 0.15) is 55.1 Å². The first kappa shape index (κ1) is 14.6. The van der Waals surface area contributed by atoms with Crippen molar-refractivity contribution in [2.45, 2.75) is 45.4 Å². The van der Waals surface area contributed by atoms with E-state index >= 15 is 0 Å². The molecule has 1 aromatic rings. The minimum absolute atomic E-state index is 0.168. The number of nitrogens with one attached hydrogen (secondary N) is 1. The van der Waals surface area contributed by atoms with Crippen LogP contribution >= 0.6 is 0 Å². The smallest absolute Gasteiger partial charge is 0.347 e. The molecule has 110 valence electrons. The summed E-state index contributed by atoms with van der Waals surface area (Å²) in [6.45, 7) is 1.82. The number of rotatable bonds is 4. The number of hydrogen-bond donors (Lipinski definition) is 2. The Labute approximate surface area is 118 Å². The largest absolute Gasteiger partial charge is 0.507 e. The van der Waals surface area contributed by atoms with Crippen LogP contribution in [0.5, 0.6) is 5.75 Å². The van der Waals surface area contributed by atoms with E-state index in [0.29, 0.717) is 11.6 Å². The Hall–Kier alpha value is -1.78. The summed E-state index contributed by atoms with van der Waals surface area (Å²) in [5.74, 6) is -0.527. The molecule has 5 heteroatoms. The lowest BCUT2D eigenvalue weighted by atomic mass is 9.86. The summed E-state index contributed by atoms with van der Waals surface area (Å²) in [6, 6.07) is 1.47. The number of aromatic hydroxyl groups is 1. The normalized spacial score (nSPS) is 16.1. The van der Waals surface area contributed by atoms with Crippen LogP contribution in [-0.2, 0) is 11.2 Å². The summed E-state index contributed by atoms with van der Waals surface area (Å²) < 4.78 is 4.76. The third-order valence-electron chi connectivity index (χ3n) is 3.78. The van der Waals surface area contributed by atoms with Crippen LogP contribution in [0.15, 0.2) is 10.9 Å². The van der Waals surface area contributed by atoms with E-state index in [1.807, 2.05) is 0 Å². The molecule has 1 aromatic heterocycles. The van der Waals surface area contributed by atoms with Gasteiger partial charge in [0.25, 0.3) is 5.56 Å². The van der Waals surface area contributed by atoms with E-state index in [4.69, 9.17) is 4.74 Å². The molecule has 1 heterocycles. The maximum absolute atomic E-state index is 11.9. The van der Waals surface area contributed by atoms with Crippen LogP contribution in [0.3, 0.4) is 0 Å². The lowest BCUT2D eigenvalue weighted by Crippen LogP contribution is -2.22. The van der Waals surface area contributed by atoms with Crippen molar-refractivity contribution in [1.82, 2.24) is 4.98 Å². The monoisotopic (exact) mass is 279 g/mol. The minimum Gasteiger partial charge on any atom is -0.507 e. The molecular formula is C15H21NO4. The second-order valence-electron chi connectivity index (χ2n) is 5.31. The van der Waals surface area contributed by atoms with E-state index < -0.39 is 11.5 Å². The van der Waals surface area contributed by atoms with Crippen LogP contribution in [-0.4, -0.2) is 22.7 Å². The third kappa shape index (κ3) is 3.40. The predicted molar refractivity (Wildman–Crippen MR) is 75.0 cm³/mol. The summed E-state index contributed by atoms with van der Waals surface area (Å²) in [6.07, 6.45) is 6.78. The van der Waals surface area contributed by atoms with Crippen molar-refractivity contribution in [1.29, 1.82) is 0 Å². The minimum atomic E-state index is -0.782. The van der Waals surface area contributed by atoms with Crippen molar-refractivity contribution in [3.05, 3.63) is 27.7 Å². The van der Waals surface area contributed by atoms with Crippen LogP contribution in [0.4, 0.5) is 0 Å². The Morgan fingerprint density at radius 2 is 2.10 bits per heavy atom. The van der Waals surface area contributed by atoms with Crippen LogP contribution in [0.25, 0.3) is 0 Å². The highest BCUT2D eigenvalue weighted by atomic mass is 16.5. The zero-order chi connectivity index (χ0) is 14.5. The molecule has 0 bridgehead atoms. The van der Waals surface area contributed by atoms with Crippen molar-refractivity contribution in [2.24, 2.45) is 5.92 Å². The van der Waals surface area contributed by atoms with Crippen molar-refractivity contribution in [2.75, 3.05) is 6.61 Å². The molecule has 0 aromatic carbocycles. The summed E-state index contributed by atoms with van der Waals surface area (Å²) in [4.78, 5) is 26.2. The van der Waals surface area contributed by atoms with Gasteiger partial charge >= 0.3 is 5.97 Å². The molecule has 0 aliphatic heterocycles. The maximum Gasteiger partial charge on any atom is 0.347 e. The molecule has 2 N–H and O–H groups in total. The van der Waals surface area contributed by atoms with Gasteiger partial charge in [-0.1, -0.05) is 32.1 Å². The van der Waals surface area contributed by atoms with Gasteiger partial charge in [-0.2, -0.15) is 0 Å². The number of carbonyl (C=O) groups excluding carboxylic acids is 1. The molecule has 0 unspecified atom stereocenters. The number of esters is 1. The Balaban J connectivity index is 2.17. The lowest BCUT2D eigenvalue weighted by Gasteiger charge is -2.21. The highest BCUT2D eigenvalue weighted by Crippen LogP contribution is 2.27. The predicted octanol–water partition coefficient (Wildman–Crippen LogP) is 2.38. The number of pyridine rings is 1. The molecule has 0 saturated heterocycles. The molecule has 0 amide bonds. The molecular weight excluding hydrogens is 258 g/mol. The third-order valence-corrected chi connectivity index (χ3v) is 3.78. The molecule has 1 fully saturated rings. The number of H-pyrrole nitrogens is 1. The highest BCUT2D eigenvalue weighted by Gasteiger charge is 2.20. The fraction of sp³-hybridized carbons (Fsp3) is 0.600. The Kier molecular flexibility index (Phi) is 4.82. The standard InChI is InChI=1S/C15H21NO4/c1-2-20-15(19)13-12(17)9-11(16-14(13)18)8-10-6-4-3-5-7-10/h9-10H,2-8H2,1H3,(H2,16,17,18). The van der Waals surface area contributed by atoms with Gasteiger partial charge in [0.2, 0.25) is 0 Å². The van der Waals surface area contributed by atoms with Gasteiger partial charge in [-0.3, -0.25) is 4.79 Å². The van der Waals surface area contributed by atoms with E-state index in [0.717, 1.165) is 19.3 Å². The van der Waals surface area contributed by atoms with Crippen molar-refractivity contribution >= 4 is 5.97 Å². The first-order chi connectivity index (χ1) is 9.61. The molecule has 0 spiro atoms. The summed E-state index contributed by atoms with van der Waals surface area (Å²) >= 11 is 0. The highest BCUT2D eigenvalue weighted by molar-refractivity contribution is 5.91. The molecule has 2 rings (SSSR count). The van der Waals surface area contributed by atoms with Gasteiger partial charge in [0.1, 0.15) is 5.75 Å². The fourth-order valence-electron chi connectivity index (χ4n) is 2.81. The van der Waals surface area contributed by atoms with Crippen LogP contribution < -0.4 is 5.56 Å². The van der Waals surface area contributed by atoms with E-state index in [1.54, 1.807) is 6.92 Å². The SMILES string of the molecule is CCOC(=O)c1c(O)cc(CC2CCCCC2)[nH]c1=O. The Morgan fingerprint density at radius 3 is 2.70 bits per heavy atom. The second-order valence-corrected chi connectivity index (χ2v) is 5.31. The number of ether oxygens (including phenoxy) is 1. The van der Waals surface area contributed by atoms with Crippen LogP contribution in [0, 0.1) is 5.92 Å². The van der Waals surface area contributed by atoms with Gasteiger partial charge in [-0.25, -0.2) is 4.79 Å². The Bertz CT molecular complexity index is 529. The molecule has 5 nitrogen and oxygen atoms in total. The van der Waals surface area contributed by atoms with Crippen LogP contribution in [0.2, 0.25) is 0 Å². The molecule has 0 radical (unpaired) electrons. The average Bonchev–Trinajstić information content (AvgIpc) is 2.39. The molecule has 1 saturated carbocycles. The van der Waals surface area contributed by atoms with Gasteiger partial charge in [0, 0.05) is 11.8 Å². The summed E-state index contributed by atoms with van der Waals surface area (Å²) in [5, 5.41) is 9.88. The Morgan fingerprint density at radius 1 is 1.40 bits per heavy atom. The van der Waals surface area contributed by atoms with Gasteiger partial charge in [-0.15, -0.1) is 0 Å². The number of aromatic amines is 1. The van der Waals surface area contributed by atoms with Crippen molar-refractivity contribution < 1.29 is 14.6 Å². The van der Waals surface area contributed by atoms with Gasteiger partial charge in [0.05, 0.1) is 6.61 Å². The summed E-state index contributed by atoms with van der Waals surface area (Å²) in [7, 11) is 0. The molecule has 1 aliphatic carbocycles. The topological polar surface area (TPSA) is 79.4 Å². The van der Waals surface area contributed by atoms with Gasteiger partial charge in [0.15, 0.2) is 5.56 Å². The number of hydrogen-bond acceptors (Lipinski definition) is 4. The number of carbonyl (C=O) groups is 1. The van der Waals surface area contributed by atoms with E-state index in [2.05, 4.69) is 4.98 Å². The summed E-state index contributed by atoms with van der Waals surface area (Å²) in [5.41, 5.74) is -0.194. The molecule has 20 heavy (non-hydrogen) atoms. The first-order valence-corrected chi connectivity index (χ1v) is 7.24. The zero-order valence-corrected chi connectivity index (χ0v) is 11.8. The van der Waals surface area contributed by atoms with Gasteiger partial charge in [-0.05, 0) is 19.3 Å². The average molecular weight is 279 g/mol. The zero-order valence-electron chi connectivity index (χ0n) is 11.8. The molecule has 1 aliphatic rings. The van der Waals surface area contributed by atoms with Crippen molar-refractivity contribution in [3.63, 3.8) is 0 Å². The fourth-order valence-corrected chi connectivity index (χ4v) is 2.81.